The second kappa shape index (κ2) is 8.86. The minimum Gasteiger partial charge on any atom is -0.448 e. The van der Waals surface area contributed by atoms with Crippen LogP contribution in [0.3, 0.4) is 0 Å². The van der Waals surface area contributed by atoms with Crippen LogP contribution in [0.5, 0.6) is 0 Å². The maximum absolute atomic E-state index is 13.8. The summed E-state index contributed by atoms with van der Waals surface area (Å²) in [5, 5.41) is 13.0. The maximum Gasteiger partial charge on any atom is 0.306 e. The van der Waals surface area contributed by atoms with Gasteiger partial charge in [0.2, 0.25) is 5.60 Å². The molecular formula is C28H35NO6. The minimum atomic E-state index is -1.37. The van der Waals surface area contributed by atoms with Gasteiger partial charge in [0, 0.05) is 30.2 Å². The zero-order valence-electron chi connectivity index (χ0n) is 20.6. The van der Waals surface area contributed by atoms with E-state index in [1.807, 2.05) is 42.5 Å². The smallest absolute Gasteiger partial charge is 0.306 e. The van der Waals surface area contributed by atoms with Crippen molar-refractivity contribution in [3.63, 3.8) is 0 Å². The Morgan fingerprint density at radius 2 is 1.89 bits per heavy atom. The minimum absolute atomic E-state index is 0.0174. The number of esters is 1. The van der Waals surface area contributed by atoms with Crippen molar-refractivity contribution in [1.82, 2.24) is 5.32 Å². The number of hydrogen-bond acceptors (Lipinski definition) is 6. The quantitative estimate of drug-likeness (QED) is 0.391. The van der Waals surface area contributed by atoms with Crippen LogP contribution in [0.15, 0.2) is 42.5 Å². The molecule has 4 aliphatic rings. The van der Waals surface area contributed by atoms with Crippen molar-refractivity contribution < 1.29 is 29.0 Å². The van der Waals surface area contributed by atoms with Crippen LogP contribution in [0.25, 0.3) is 0 Å². The zero-order valence-corrected chi connectivity index (χ0v) is 20.6. The van der Waals surface area contributed by atoms with E-state index in [4.69, 9.17) is 9.47 Å². The summed E-state index contributed by atoms with van der Waals surface area (Å²) in [4.78, 5) is 39.8. The van der Waals surface area contributed by atoms with Crippen LogP contribution in [0.4, 0.5) is 0 Å². The van der Waals surface area contributed by atoms with Gasteiger partial charge in [-0.2, -0.15) is 0 Å². The monoisotopic (exact) mass is 481 g/mol. The summed E-state index contributed by atoms with van der Waals surface area (Å²) >= 11 is 0. The number of aliphatic hydroxyl groups excluding tert-OH is 1. The van der Waals surface area contributed by atoms with Gasteiger partial charge in [0.25, 0.3) is 5.91 Å². The van der Waals surface area contributed by atoms with Crippen molar-refractivity contribution >= 4 is 17.7 Å². The molecule has 7 heteroatoms. The van der Waals surface area contributed by atoms with Crippen LogP contribution in [0.1, 0.15) is 45.6 Å². The van der Waals surface area contributed by atoms with Crippen LogP contribution in [-0.2, 0) is 30.3 Å². The number of nitrogens with one attached hydrogen (secondary N) is 1. The second-order valence-corrected chi connectivity index (χ2v) is 11.0. The fraction of sp³-hybridized carbons (Fsp3) is 0.607. The summed E-state index contributed by atoms with van der Waals surface area (Å²) in [7, 11) is 0. The number of epoxide rings is 1. The zero-order chi connectivity index (χ0) is 25.0. The van der Waals surface area contributed by atoms with Gasteiger partial charge in [-0.3, -0.25) is 14.4 Å². The molecule has 2 saturated heterocycles. The second-order valence-electron chi connectivity index (χ2n) is 11.0. The predicted octanol–water partition coefficient (Wildman–Crippen LogP) is 2.60. The van der Waals surface area contributed by atoms with Gasteiger partial charge in [-0.25, -0.2) is 0 Å². The molecule has 0 bridgehead atoms. The van der Waals surface area contributed by atoms with Gasteiger partial charge >= 0.3 is 5.97 Å². The molecule has 3 heterocycles. The standard InChI is InChI=1S/C28H35NO6/c1-16-12-13-22(31)34-28-20(11-7-10-19(15-30)24(16)32)25-27(3,35-25)17(2)23(28)21(29-26(28)33)14-18-8-5-4-6-9-18/h4-9,11,16-17,19-21,23,25,30H,10,12-15H2,1-3H3,(H,29,33)/b11-7+/t16?,17-,19?,20-,21-,23-,25-,27+,28+/m0/s1. The number of allylic oxidation sites excluding steroid dienone is 1. The molecular weight excluding hydrogens is 446 g/mol. The highest BCUT2D eigenvalue weighted by Crippen LogP contribution is 2.63. The lowest BCUT2D eigenvalue weighted by atomic mass is 9.59. The molecule has 1 amide bonds. The number of hydrogen-bond donors (Lipinski definition) is 2. The normalized spacial score (nSPS) is 44.0. The third kappa shape index (κ3) is 3.84. The maximum atomic E-state index is 13.8. The van der Waals surface area contributed by atoms with Crippen molar-refractivity contribution in [3.05, 3.63) is 48.0 Å². The first-order valence-electron chi connectivity index (χ1n) is 12.8. The lowest BCUT2D eigenvalue weighted by Crippen LogP contribution is -2.61. The summed E-state index contributed by atoms with van der Waals surface area (Å²) in [6.45, 7) is 5.70. The van der Waals surface area contributed by atoms with Gasteiger partial charge in [-0.1, -0.05) is 56.3 Å². The Kier molecular flexibility index (Phi) is 6.12. The van der Waals surface area contributed by atoms with Crippen molar-refractivity contribution in [1.29, 1.82) is 0 Å². The molecule has 7 nitrogen and oxygen atoms in total. The van der Waals surface area contributed by atoms with E-state index in [2.05, 4.69) is 19.2 Å². The Balaban J connectivity index is 1.56. The summed E-state index contributed by atoms with van der Waals surface area (Å²) in [6.07, 6.45) is 4.88. The highest BCUT2D eigenvalue weighted by atomic mass is 16.6. The van der Waals surface area contributed by atoms with Gasteiger partial charge < -0.3 is 19.9 Å². The Morgan fingerprint density at radius 1 is 1.14 bits per heavy atom. The molecule has 2 N–H and O–H groups in total. The molecule has 5 rings (SSSR count). The Hall–Kier alpha value is -2.51. The first kappa shape index (κ1) is 24.2. The number of fused-ring (bicyclic) bond motifs is 2. The van der Waals surface area contributed by atoms with E-state index < -0.39 is 29.0 Å². The van der Waals surface area contributed by atoms with Gasteiger partial charge in [0.1, 0.15) is 5.78 Å². The largest absolute Gasteiger partial charge is 0.448 e. The van der Waals surface area contributed by atoms with E-state index in [9.17, 15) is 19.5 Å². The number of benzene rings is 1. The van der Waals surface area contributed by atoms with Crippen LogP contribution >= 0.6 is 0 Å². The summed E-state index contributed by atoms with van der Waals surface area (Å²) in [5.74, 6) is -2.45. The average molecular weight is 482 g/mol. The molecule has 35 heavy (non-hydrogen) atoms. The van der Waals surface area contributed by atoms with E-state index >= 15 is 0 Å². The van der Waals surface area contributed by atoms with Gasteiger partial charge in [0.05, 0.1) is 24.2 Å². The number of aliphatic hydroxyl groups is 1. The van der Waals surface area contributed by atoms with Gasteiger partial charge in [-0.05, 0) is 37.7 Å². The van der Waals surface area contributed by atoms with E-state index in [-0.39, 0.29) is 54.6 Å². The van der Waals surface area contributed by atoms with Crippen molar-refractivity contribution in [2.45, 2.75) is 69.8 Å². The number of carbonyl (C=O) groups is 3. The average Bonchev–Trinajstić information content (AvgIpc) is 3.46. The Morgan fingerprint density at radius 3 is 2.60 bits per heavy atom. The number of rotatable bonds is 3. The first-order valence-corrected chi connectivity index (χ1v) is 12.8. The van der Waals surface area contributed by atoms with E-state index in [1.165, 1.54) is 0 Å². The van der Waals surface area contributed by atoms with Crippen LogP contribution in [-0.4, -0.2) is 52.7 Å². The summed E-state index contributed by atoms with van der Waals surface area (Å²) in [6, 6.07) is 9.81. The van der Waals surface area contributed by atoms with E-state index in [0.717, 1.165) is 5.56 Å². The highest BCUT2D eigenvalue weighted by Gasteiger charge is 2.78. The molecule has 188 valence electrons. The fourth-order valence-corrected chi connectivity index (χ4v) is 6.79. The number of ketones is 1. The van der Waals surface area contributed by atoms with Gasteiger partial charge in [0.15, 0.2) is 0 Å². The number of carbonyl (C=O) groups excluding carboxylic acids is 3. The van der Waals surface area contributed by atoms with E-state index in [0.29, 0.717) is 19.3 Å². The molecule has 1 saturated carbocycles. The van der Waals surface area contributed by atoms with Crippen LogP contribution < -0.4 is 5.32 Å². The topological polar surface area (TPSA) is 105 Å². The molecule has 2 unspecified atom stereocenters. The molecule has 3 fully saturated rings. The lowest BCUT2D eigenvalue weighted by Gasteiger charge is -2.46. The molecule has 9 atom stereocenters. The molecule has 1 aliphatic carbocycles. The molecule has 1 aromatic carbocycles. The fourth-order valence-electron chi connectivity index (χ4n) is 6.79. The van der Waals surface area contributed by atoms with Crippen molar-refractivity contribution in [2.24, 2.45) is 29.6 Å². The van der Waals surface area contributed by atoms with Crippen molar-refractivity contribution in [3.8, 4) is 0 Å². The summed E-state index contributed by atoms with van der Waals surface area (Å²) < 4.78 is 12.5. The highest BCUT2D eigenvalue weighted by molar-refractivity contribution is 5.92. The lowest BCUT2D eigenvalue weighted by molar-refractivity contribution is -0.182. The molecule has 1 aromatic rings. The third-order valence-corrected chi connectivity index (χ3v) is 8.99. The van der Waals surface area contributed by atoms with Crippen molar-refractivity contribution in [2.75, 3.05) is 6.61 Å². The molecule has 0 radical (unpaired) electrons. The first-order chi connectivity index (χ1) is 16.7. The SMILES string of the molecule is CC1CCC(=O)O[C@@]23C(=O)N[C@@H](Cc4ccccc4)[C@@H]2[C@H](C)[C@@]2(C)O[C@H]2[C@@H]3/C=C/CC(CO)C1=O. The number of ether oxygens (including phenoxy) is 2. The summed E-state index contributed by atoms with van der Waals surface area (Å²) in [5.41, 5.74) is -0.682. The number of amides is 1. The molecule has 3 aliphatic heterocycles. The van der Waals surface area contributed by atoms with Gasteiger partial charge in [-0.15, -0.1) is 0 Å². The number of Topliss-reactive ketones (excluding diaryl/α,β-unsaturated/α-hetero) is 1. The molecule has 0 aromatic heterocycles. The Bertz CT molecular complexity index is 1040. The van der Waals surface area contributed by atoms with Crippen LogP contribution in [0.2, 0.25) is 0 Å². The van der Waals surface area contributed by atoms with Crippen LogP contribution in [0, 0.1) is 29.6 Å². The van der Waals surface area contributed by atoms with E-state index in [1.54, 1.807) is 6.92 Å². The Labute approximate surface area is 206 Å². The third-order valence-electron chi connectivity index (χ3n) is 8.99. The molecule has 1 spiro atoms. The predicted molar refractivity (Wildman–Crippen MR) is 128 cm³/mol.